The van der Waals surface area contributed by atoms with Crippen LogP contribution in [0.2, 0.25) is 0 Å². The van der Waals surface area contributed by atoms with Crippen LogP contribution in [-0.2, 0) is 13.5 Å². The van der Waals surface area contributed by atoms with E-state index in [1.807, 2.05) is 17.9 Å². The Balaban J connectivity index is 1.88. The molecule has 18 heavy (non-hydrogen) atoms. The molecule has 0 bridgehead atoms. The minimum absolute atomic E-state index is 0.110. The lowest BCUT2D eigenvalue weighted by Crippen LogP contribution is -2.55. The number of hydrogen-bond acceptors (Lipinski definition) is 3. The molecule has 0 radical (unpaired) electrons. The number of likely N-dealkylation sites (tertiary alicyclic amines) is 1. The summed E-state index contributed by atoms with van der Waals surface area (Å²) in [5.74, 6) is 0. The first kappa shape index (κ1) is 13.6. The largest absolute Gasteiger partial charge is 0.326 e. The average molecular weight is 250 g/mol. The van der Waals surface area contributed by atoms with Crippen molar-refractivity contribution in [2.45, 2.75) is 51.1 Å². The van der Waals surface area contributed by atoms with E-state index in [1.54, 1.807) is 0 Å². The van der Waals surface area contributed by atoms with Gasteiger partial charge in [-0.2, -0.15) is 5.10 Å². The van der Waals surface area contributed by atoms with Crippen LogP contribution in [0.15, 0.2) is 12.4 Å². The van der Waals surface area contributed by atoms with E-state index < -0.39 is 0 Å². The van der Waals surface area contributed by atoms with Crippen LogP contribution < -0.4 is 5.73 Å². The lowest BCUT2D eigenvalue weighted by molar-refractivity contribution is 0.120. The average Bonchev–Trinajstić information content (AvgIpc) is 2.96. The fraction of sp³-hybridized carbons (Fsp3) is 0.786. The van der Waals surface area contributed by atoms with Gasteiger partial charge in [0.2, 0.25) is 0 Å². The van der Waals surface area contributed by atoms with Gasteiger partial charge in [-0.1, -0.05) is 0 Å². The van der Waals surface area contributed by atoms with Gasteiger partial charge in [-0.3, -0.25) is 9.58 Å². The molecule has 4 nitrogen and oxygen atoms in total. The van der Waals surface area contributed by atoms with E-state index in [2.05, 4.69) is 30.0 Å². The number of nitrogens with zero attached hydrogens (tertiary/aromatic N) is 3. The number of nitrogens with two attached hydrogens (primary N) is 1. The van der Waals surface area contributed by atoms with E-state index in [1.165, 1.54) is 31.5 Å². The van der Waals surface area contributed by atoms with Crippen LogP contribution in [0.5, 0.6) is 0 Å². The number of rotatable bonds is 5. The zero-order valence-electron chi connectivity index (χ0n) is 11.9. The van der Waals surface area contributed by atoms with E-state index in [-0.39, 0.29) is 11.6 Å². The maximum absolute atomic E-state index is 6.42. The van der Waals surface area contributed by atoms with Gasteiger partial charge in [0.15, 0.2) is 0 Å². The third-order valence-corrected chi connectivity index (χ3v) is 4.33. The summed E-state index contributed by atoms with van der Waals surface area (Å²) < 4.78 is 1.85. The Kier molecular flexibility index (Phi) is 4.07. The van der Waals surface area contributed by atoms with Crippen molar-refractivity contribution in [2.24, 2.45) is 12.8 Å². The van der Waals surface area contributed by atoms with Crippen molar-refractivity contribution >= 4 is 0 Å². The number of hydrogen-bond donors (Lipinski definition) is 1. The van der Waals surface area contributed by atoms with E-state index in [0.717, 1.165) is 12.8 Å². The predicted octanol–water partition coefficient (Wildman–Crippen LogP) is 1.55. The van der Waals surface area contributed by atoms with Gasteiger partial charge in [-0.05, 0) is 58.2 Å². The highest BCUT2D eigenvalue weighted by atomic mass is 15.2. The number of aromatic nitrogens is 2. The maximum atomic E-state index is 6.42. The van der Waals surface area contributed by atoms with Crippen molar-refractivity contribution < 1.29 is 0 Å². The minimum Gasteiger partial charge on any atom is -0.326 e. The zero-order valence-corrected chi connectivity index (χ0v) is 11.9. The highest BCUT2D eigenvalue weighted by molar-refractivity contribution is 5.05. The van der Waals surface area contributed by atoms with Crippen molar-refractivity contribution in [3.63, 3.8) is 0 Å². The van der Waals surface area contributed by atoms with Crippen LogP contribution in [0.25, 0.3) is 0 Å². The Morgan fingerprint density at radius 3 is 2.61 bits per heavy atom. The molecule has 0 aliphatic carbocycles. The Bertz CT molecular complexity index is 377. The van der Waals surface area contributed by atoms with Crippen LogP contribution in [0, 0.1) is 0 Å². The van der Waals surface area contributed by atoms with Crippen molar-refractivity contribution in [1.29, 1.82) is 0 Å². The molecule has 1 aromatic rings. The highest BCUT2D eigenvalue weighted by Gasteiger charge is 2.34. The maximum Gasteiger partial charge on any atom is 0.0521 e. The summed E-state index contributed by atoms with van der Waals surface area (Å²) in [5.41, 5.74) is 7.81. The molecule has 102 valence electrons. The van der Waals surface area contributed by atoms with Crippen molar-refractivity contribution in [1.82, 2.24) is 14.7 Å². The molecular formula is C14H26N4. The fourth-order valence-corrected chi connectivity index (χ4v) is 2.80. The zero-order chi connectivity index (χ0) is 13.2. The van der Waals surface area contributed by atoms with Crippen LogP contribution in [0.1, 0.15) is 38.7 Å². The van der Waals surface area contributed by atoms with Gasteiger partial charge < -0.3 is 5.73 Å². The van der Waals surface area contributed by atoms with E-state index in [0.29, 0.717) is 0 Å². The minimum atomic E-state index is 0.110. The Morgan fingerprint density at radius 2 is 2.06 bits per heavy atom. The molecule has 1 saturated heterocycles. The third kappa shape index (κ3) is 2.93. The lowest BCUT2D eigenvalue weighted by atomic mass is 9.89. The standard InChI is InChI=1S/C14H26N4/c1-14(2,18-8-4-5-9-18)13(15)7-6-12-10-16-17(3)11-12/h10-11,13H,4-9,15H2,1-3H3. The summed E-state index contributed by atoms with van der Waals surface area (Å²) in [5, 5.41) is 4.20. The van der Waals surface area contributed by atoms with Gasteiger partial charge in [0, 0.05) is 24.8 Å². The van der Waals surface area contributed by atoms with Crippen molar-refractivity contribution in [3.05, 3.63) is 18.0 Å². The molecule has 4 heteroatoms. The molecule has 0 amide bonds. The predicted molar refractivity (Wildman–Crippen MR) is 74.4 cm³/mol. The molecule has 1 aliphatic rings. The summed E-state index contributed by atoms with van der Waals surface area (Å²) in [7, 11) is 1.96. The molecule has 1 unspecified atom stereocenters. The van der Waals surface area contributed by atoms with Crippen LogP contribution in [0.4, 0.5) is 0 Å². The second-order valence-electron chi connectivity index (χ2n) is 6.02. The molecule has 0 aromatic carbocycles. The Morgan fingerprint density at radius 1 is 1.39 bits per heavy atom. The summed E-state index contributed by atoms with van der Waals surface area (Å²) >= 11 is 0. The van der Waals surface area contributed by atoms with Crippen molar-refractivity contribution in [2.75, 3.05) is 13.1 Å². The second-order valence-corrected chi connectivity index (χ2v) is 6.02. The van der Waals surface area contributed by atoms with Gasteiger partial charge in [0.25, 0.3) is 0 Å². The molecule has 1 aromatic heterocycles. The fourth-order valence-electron chi connectivity index (χ4n) is 2.80. The molecule has 2 N–H and O–H groups in total. The highest BCUT2D eigenvalue weighted by Crippen LogP contribution is 2.25. The first-order chi connectivity index (χ1) is 8.50. The Hall–Kier alpha value is -0.870. The second kappa shape index (κ2) is 5.41. The SMILES string of the molecule is Cn1cc(CCC(N)C(C)(C)N2CCCC2)cn1. The van der Waals surface area contributed by atoms with Gasteiger partial charge in [-0.25, -0.2) is 0 Å². The molecule has 2 rings (SSSR count). The van der Waals surface area contributed by atoms with E-state index >= 15 is 0 Å². The van der Waals surface area contributed by atoms with Gasteiger partial charge in [0.1, 0.15) is 0 Å². The van der Waals surface area contributed by atoms with Crippen LogP contribution >= 0.6 is 0 Å². The normalized spacial score (nSPS) is 19.3. The molecule has 1 fully saturated rings. The third-order valence-electron chi connectivity index (χ3n) is 4.33. The lowest BCUT2D eigenvalue weighted by Gasteiger charge is -2.40. The van der Waals surface area contributed by atoms with Crippen LogP contribution in [0.3, 0.4) is 0 Å². The van der Waals surface area contributed by atoms with Gasteiger partial charge in [0.05, 0.1) is 6.20 Å². The van der Waals surface area contributed by atoms with E-state index in [9.17, 15) is 0 Å². The molecule has 0 saturated carbocycles. The molecular weight excluding hydrogens is 224 g/mol. The summed E-state index contributed by atoms with van der Waals surface area (Å²) in [6.45, 7) is 6.97. The molecule has 0 spiro atoms. The number of aryl methyl sites for hydroxylation is 2. The summed E-state index contributed by atoms with van der Waals surface area (Å²) in [4.78, 5) is 2.54. The topological polar surface area (TPSA) is 47.1 Å². The molecule has 1 aliphatic heterocycles. The molecule has 1 atom stereocenters. The van der Waals surface area contributed by atoms with Crippen LogP contribution in [-0.4, -0.2) is 39.4 Å². The smallest absolute Gasteiger partial charge is 0.0521 e. The van der Waals surface area contributed by atoms with Crippen molar-refractivity contribution in [3.8, 4) is 0 Å². The Labute approximate surface area is 110 Å². The summed E-state index contributed by atoms with van der Waals surface area (Å²) in [6.07, 6.45) is 8.70. The quantitative estimate of drug-likeness (QED) is 0.862. The molecule has 2 heterocycles. The van der Waals surface area contributed by atoms with E-state index in [4.69, 9.17) is 5.73 Å². The first-order valence-electron chi connectivity index (χ1n) is 6.98. The monoisotopic (exact) mass is 250 g/mol. The summed E-state index contributed by atoms with van der Waals surface area (Å²) in [6, 6.07) is 0.218. The van der Waals surface area contributed by atoms with Gasteiger partial charge >= 0.3 is 0 Å². The van der Waals surface area contributed by atoms with Gasteiger partial charge in [-0.15, -0.1) is 0 Å². The first-order valence-corrected chi connectivity index (χ1v) is 6.98.